The van der Waals surface area contributed by atoms with E-state index in [1.807, 2.05) is 38.4 Å². The van der Waals surface area contributed by atoms with Crippen LogP contribution in [0.1, 0.15) is 35.2 Å². The fourth-order valence-corrected chi connectivity index (χ4v) is 3.87. The van der Waals surface area contributed by atoms with Gasteiger partial charge >= 0.3 is 0 Å². The van der Waals surface area contributed by atoms with Crippen LogP contribution in [0.25, 0.3) is 11.1 Å². The first kappa shape index (κ1) is 21.6. The second-order valence-electron chi connectivity index (χ2n) is 8.44. The number of hydrogen-bond acceptors (Lipinski definition) is 6. The quantitative estimate of drug-likeness (QED) is 0.432. The molecular weight excluding hydrogens is 404 g/mol. The number of nitrogen functional groups attached to an aromatic ring is 1. The van der Waals surface area contributed by atoms with E-state index in [1.54, 1.807) is 29.5 Å². The van der Waals surface area contributed by atoms with E-state index in [9.17, 15) is 4.79 Å². The maximum atomic E-state index is 12.7. The number of amides is 1. The molecule has 3 aromatic rings. The van der Waals surface area contributed by atoms with Crippen molar-refractivity contribution in [3.63, 3.8) is 0 Å². The van der Waals surface area contributed by atoms with Crippen molar-refractivity contribution in [3.8, 4) is 11.1 Å². The Kier molecular flexibility index (Phi) is 6.00. The van der Waals surface area contributed by atoms with Gasteiger partial charge in [0, 0.05) is 30.7 Å². The van der Waals surface area contributed by atoms with Crippen molar-refractivity contribution < 1.29 is 4.79 Å². The molecule has 9 heteroatoms. The summed E-state index contributed by atoms with van der Waals surface area (Å²) in [4.78, 5) is 27.2. The van der Waals surface area contributed by atoms with E-state index in [2.05, 4.69) is 25.0 Å². The van der Waals surface area contributed by atoms with Gasteiger partial charge in [-0.2, -0.15) is 10.1 Å². The molecule has 0 spiro atoms. The minimum Gasteiger partial charge on any atom is -0.386 e. The van der Waals surface area contributed by atoms with Crippen molar-refractivity contribution in [1.29, 1.82) is 0 Å². The van der Waals surface area contributed by atoms with Crippen LogP contribution < -0.4 is 11.5 Å². The van der Waals surface area contributed by atoms with E-state index in [0.29, 0.717) is 17.9 Å². The third-order valence-corrected chi connectivity index (χ3v) is 6.02. The van der Waals surface area contributed by atoms with Crippen LogP contribution in [-0.4, -0.2) is 57.0 Å². The number of aromatic nitrogens is 4. The van der Waals surface area contributed by atoms with Gasteiger partial charge < -0.3 is 16.4 Å². The molecule has 1 aromatic carbocycles. The van der Waals surface area contributed by atoms with Gasteiger partial charge in [0.05, 0.1) is 23.7 Å². The zero-order valence-corrected chi connectivity index (χ0v) is 18.4. The van der Waals surface area contributed by atoms with E-state index in [1.165, 1.54) is 0 Å². The molecule has 2 heterocycles. The predicted octanol–water partition coefficient (Wildman–Crippen LogP) is 2.10. The Morgan fingerprint density at radius 3 is 2.41 bits per heavy atom. The number of nitrogens with zero attached hydrogens (tertiary/aromatic N) is 6. The average Bonchev–Trinajstić information content (AvgIpc) is 3.22. The zero-order valence-electron chi connectivity index (χ0n) is 18.4. The molecule has 32 heavy (non-hydrogen) atoms. The van der Waals surface area contributed by atoms with Crippen molar-refractivity contribution in [2.75, 3.05) is 26.4 Å². The van der Waals surface area contributed by atoms with Gasteiger partial charge in [0.25, 0.3) is 5.91 Å². The first-order valence-electron chi connectivity index (χ1n) is 10.6. The molecule has 1 amide bonds. The normalized spacial score (nSPS) is 15.5. The summed E-state index contributed by atoms with van der Waals surface area (Å²) in [5.41, 5.74) is 14.9. The van der Waals surface area contributed by atoms with Gasteiger partial charge in [0.2, 0.25) is 5.95 Å². The Hall–Kier alpha value is -3.59. The monoisotopic (exact) mass is 432 g/mol. The highest BCUT2D eigenvalue weighted by Crippen LogP contribution is 2.44. The van der Waals surface area contributed by atoms with Crippen molar-refractivity contribution in [3.05, 3.63) is 60.2 Å². The lowest BCUT2D eigenvalue weighted by molar-refractivity contribution is 0.100. The predicted molar refractivity (Wildman–Crippen MR) is 124 cm³/mol. The van der Waals surface area contributed by atoms with Gasteiger partial charge in [-0.1, -0.05) is 30.7 Å². The molecule has 0 saturated heterocycles. The number of carbonyl (C=O) groups is 1. The SMILES string of the molecule is CN(C)CCn1cc(C(=O)N=C(N)C2(c3ccc(-c4cnc(N)nc4)cc3)CCC2)cn1. The van der Waals surface area contributed by atoms with E-state index in [0.717, 1.165) is 42.5 Å². The molecule has 1 fully saturated rings. The minimum atomic E-state index is -0.410. The molecule has 4 N–H and O–H groups in total. The van der Waals surface area contributed by atoms with Crippen molar-refractivity contribution in [2.24, 2.45) is 10.7 Å². The Balaban J connectivity index is 1.52. The number of anilines is 1. The molecule has 1 saturated carbocycles. The zero-order chi connectivity index (χ0) is 22.7. The summed E-state index contributed by atoms with van der Waals surface area (Å²) >= 11 is 0. The van der Waals surface area contributed by atoms with Crippen molar-refractivity contribution >= 4 is 17.7 Å². The summed E-state index contributed by atoms with van der Waals surface area (Å²) in [6, 6.07) is 8.09. The van der Waals surface area contributed by atoms with Gasteiger partial charge in [-0.25, -0.2) is 9.97 Å². The highest BCUT2D eigenvalue weighted by molar-refractivity contribution is 6.06. The van der Waals surface area contributed by atoms with E-state index < -0.39 is 5.41 Å². The van der Waals surface area contributed by atoms with Gasteiger partial charge in [-0.3, -0.25) is 9.48 Å². The standard InChI is InChI=1S/C23H28N8O/c1-30(2)10-11-31-15-18(14-28-31)20(32)29-21(24)23(8-3-9-23)19-6-4-16(5-7-19)17-12-26-22(25)27-13-17/h4-7,12-15H,3,8-11H2,1-2H3,(H2,24,29,32)(H2,25,26,27). The van der Waals surface area contributed by atoms with Gasteiger partial charge in [0.1, 0.15) is 5.84 Å². The smallest absolute Gasteiger partial charge is 0.281 e. The Labute approximate surface area is 187 Å². The number of likely N-dealkylation sites (N-methyl/N-ethyl adjacent to an activating group) is 1. The van der Waals surface area contributed by atoms with Crippen LogP contribution in [0.2, 0.25) is 0 Å². The number of nitrogens with two attached hydrogens (primary N) is 2. The Morgan fingerprint density at radius 1 is 1.12 bits per heavy atom. The number of rotatable bonds is 7. The van der Waals surface area contributed by atoms with Crippen LogP contribution in [0.4, 0.5) is 5.95 Å². The molecule has 1 aliphatic rings. The van der Waals surface area contributed by atoms with Crippen LogP contribution >= 0.6 is 0 Å². The molecule has 1 aliphatic carbocycles. The van der Waals surface area contributed by atoms with Crippen LogP contribution in [-0.2, 0) is 12.0 Å². The number of amidine groups is 1. The summed E-state index contributed by atoms with van der Waals surface area (Å²) in [5.74, 6) is 0.245. The highest BCUT2D eigenvalue weighted by atomic mass is 16.1. The molecule has 0 unspecified atom stereocenters. The van der Waals surface area contributed by atoms with Crippen molar-refractivity contribution in [2.45, 2.75) is 31.2 Å². The summed E-state index contributed by atoms with van der Waals surface area (Å²) in [7, 11) is 3.99. The van der Waals surface area contributed by atoms with Crippen LogP contribution in [0, 0.1) is 0 Å². The third kappa shape index (κ3) is 4.38. The second kappa shape index (κ2) is 8.88. The van der Waals surface area contributed by atoms with Gasteiger partial charge in [-0.05, 0) is 38.1 Å². The number of carbonyl (C=O) groups excluding carboxylic acids is 1. The average molecular weight is 433 g/mol. The lowest BCUT2D eigenvalue weighted by atomic mass is 9.63. The molecule has 0 atom stereocenters. The lowest BCUT2D eigenvalue weighted by Gasteiger charge is -2.41. The summed E-state index contributed by atoms with van der Waals surface area (Å²) < 4.78 is 1.75. The molecule has 0 radical (unpaired) electrons. The topological polar surface area (TPSA) is 128 Å². The fraction of sp³-hybridized carbons (Fsp3) is 0.348. The first-order valence-corrected chi connectivity index (χ1v) is 10.6. The van der Waals surface area contributed by atoms with Crippen molar-refractivity contribution in [1.82, 2.24) is 24.6 Å². The van der Waals surface area contributed by atoms with Gasteiger partial charge in [0.15, 0.2) is 0 Å². The molecule has 166 valence electrons. The Morgan fingerprint density at radius 2 is 1.81 bits per heavy atom. The molecule has 2 aromatic heterocycles. The molecule has 9 nitrogen and oxygen atoms in total. The maximum Gasteiger partial charge on any atom is 0.281 e. The largest absolute Gasteiger partial charge is 0.386 e. The number of benzene rings is 1. The van der Waals surface area contributed by atoms with E-state index >= 15 is 0 Å². The molecular formula is C23H28N8O. The minimum absolute atomic E-state index is 0.246. The Bertz CT molecular complexity index is 1110. The highest BCUT2D eigenvalue weighted by Gasteiger charge is 2.42. The van der Waals surface area contributed by atoms with Gasteiger partial charge in [-0.15, -0.1) is 0 Å². The lowest BCUT2D eigenvalue weighted by Crippen LogP contribution is -2.47. The van der Waals surface area contributed by atoms with Crippen LogP contribution in [0.15, 0.2) is 54.0 Å². The van der Waals surface area contributed by atoms with E-state index in [-0.39, 0.29) is 11.9 Å². The van der Waals surface area contributed by atoms with E-state index in [4.69, 9.17) is 11.5 Å². The summed E-state index contributed by atoms with van der Waals surface area (Å²) in [6.07, 6.45) is 9.43. The molecule has 0 aliphatic heterocycles. The molecule has 0 bridgehead atoms. The molecule has 4 rings (SSSR count). The van der Waals surface area contributed by atoms with Crippen LogP contribution in [0.3, 0.4) is 0 Å². The number of hydrogen-bond donors (Lipinski definition) is 2. The number of aliphatic imine (C=N–C) groups is 1. The second-order valence-corrected chi connectivity index (χ2v) is 8.44. The summed E-state index contributed by atoms with van der Waals surface area (Å²) in [5, 5.41) is 4.26. The van der Waals surface area contributed by atoms with Crippen LogP contribution in [0.5, 0.6) is 0 Å². The fourth-order valence-electron chi connectivity index (χ4n) is 3.87. The summed E-state index contributed by atoms with van der Waals surface area (Å²) in [6.45, 7) is 1.54. The maximum absolute atomic E-state index is 12.7. The third-order valence-electron chi connectivity index (χ3n) is 6.02. The first-order chi connectivity index (χ1) is 15.4.